The van der Waals surface area contributed by atoms with Gasteiger partial charge < -0.3 is 10.4 Å². The molecule has 32 heavy (non-hydrogen) atoms. The van der Waals surface area contributed by atoms with Crippen molar-refractivity contribution in [3.63, 3.8) is 0 Å². The van der Waals surface area contributed by atoms with E-state index in [-0.39, 0.29) is 11.8 Å². The number of aryl methyl sites for hydroxylation is 2. The van der Waals surface area contributed by atoms with E-state index in [2.05, 4.69) is 52.3 Å². The van der Waals surface area contributed by atoms with Crippen molar-refractivity contribution < 1.29 is 5.11 Å². The first kappa shape index (κ1) is 20.4. The number of aromatic nitrogens is 4. The molecule has 6 heteroatoms. The van der Waals surface area contributed by atoms with E-state index in [9.17, 15) is 5.11 Å². The Morgan fingerprint density at radius 2 is 1.84 bits per heavy atom. The highest BCUT2D eigenvalue weighted by Crippen LogP contribution is 2.33. The summed E-state index contributed by atoms with van der Waals surface area (Å²) >= 11 is 0. The fourth-order valence-corrected chi connectivity index (χ4v) is 4.54. The number of rotatable bonds is 4. The molecule has 1 saturated heterocycles. The number of benzene rings is 1. The lowest BCUT2D eigenvalue weighted by molar-refractivity contribution is 0.283. The Balaban J connectivity index is 1.35. The molecular formula is C26H27N5O. The van der Waals surface area contributed by atoms with Crippen LogP contribution in [0.2, 0.25) is 0 Å². The zero-order chi connectivity index (χ0) is 22.1. The van der Waals surface area contributed by atoms with Crippen molar-refractivity contribution in [1.82, 2.24) is 25.1 Å². The van der Waals surface area contributed by atoms with Crippen LogP contribution in [0.25, 0.3) is 22.3 Å². The Labute approximate surface area is 188 Å². The number of piperidine rings is 1. The van der Waals surface area contributed by atoms with Gasteiger partial charge in [0.1, 0.15) is 5.75 Å². The number of phenols is 1. The van der Waals surface area contributed by atoms with Crippen LogP contribution >= 0.6 is 0 Å². The van der Waals surface area contributed by atoms with Crippen LogP contribution in [0.3, 0.4) is 0 Å². The average molecular weight is 426 g/mol. The second-order valence-electron chi connectivity index (χ2n) is 8.62. The maximum absolute atomic E-state index is 9.79. The minimum Gasteiger partial charge on any atom is -0.508 e. The quantitative estimate of drug-likeness (QED) is 0.481. The van der Waals surface area contributed by atoms with E-state index in [1.807, 2.05) is 36.9 Å². The van der Waals surface area contributed by atoms with Gasteiger partial charge in [0.25, 0.3) is 0 Å². The first-order valence-electron chi connectivity index (χ1n) is 11.0. The van der Waals surface area contributed by atoms with Gasteiger partial charge in [0.15, 0.2) is 0 Å². The van der Waals surface area contributed by atoms with Crippen molar-refractivity contribution >= 4 is 0 Å². The van der Waals surface area contributed by atoms with E-state index >= 15 is 0 Å². The second-order valence-corrected chi connectivity index (χ2v) is 8.62. The van der Waals surface area contributed by atoms with Crippen LogP contribution < -0.4 is 5.32 Å². The van der Waals surface area contributed by atoms with Gasteiger partial charge in [-0.3, -0.25) is 14.6 Å². The van der Waals surface area contributed by atoms with Gasteiger partial charge in [-0.2, -0.15) is 5.10 Å². The zero-order valence-electron chi connectivity index (χ0n) is 18.4. The lowest BCUT2D eigenvalue weighted by Crippen LogP contribution is -2.34. The highest BCUT2D eigenvalue weighted by Gasteiger charge is 2.26. The largest absolute Gasteiger partial charge is 0.508 e. The summed E-state index contributed by atoms with van der Waals surface area (Å²) in [7, 11) is 0. The molecule has 1 fully saturated rings. The third kappa shape index (κ3) is 4.14. The lowest BCUT2D eigenvalue weighted by Gasteiger charge is -2.31. The number of nitrogens with one attached hydrogen (secondary N) is 1. The van der Waals surface area contributed by atoms with Gasteiger partial charge in [-0.05, 0) is 74.2 Å². The Hall–Kier alpha value is -3.51. The number of nitrogens with zero attached hydrogens (tertiary/aromatic N) is 4. The van der Waals surface area contributed by atoms with Gasteiger partial charge in [-0.1, -0.05) is 12.1 Å². The van der Waals surface area contributed by atoms with Crippen molar-refractivity contribution in [2.45, 2.75) is 38.8 Å². The lowest BCUT2D eigenvalue weighted by atomic mass is 9.93. The zero-order valence-corrected chi connectivity index (χ0v) is 18.4. The normalized spacial score (nSPS) is 18.6. The molecule has 0 radical (unpaired) electrons. The van der Waals surface area contributed by atoms with Crippen LogP contribution in [-0.2, 0) is 0 Å². The summed E-state index contributed by atoms with van der Waals surface area (Å²) in [5.41, 5.74) is 7.55. The average Bonchev–Trinajstić information content (AvgIpc) is 3.30. The molecule has 6 nitrogen and oxygen atoms in total. The number of hydrogen-bond donors (Lipinski definition) is 2. The minimum absolute atomic E-state index is 0.181. The fourth-order valence-electron chi connectivity index (χ4n) is 4.54. The molecule has 0 amide bonds. The highest BCUT2D eigenvalue weighted by atomic mass is 16.3. The van der Waals surface area contributed by atoms with Crippen LogP contribution in [0.1, 0.15) is 41.7 Å². The van der Waals surface area contributed by atoms with Crippen molar-refractivity contribution in [1.29, 1.82) is 0 Å². The maximum Gasteiger partial charge on any atom is 0.116 e. The van der Waals surface area contributed by atoms with Gasteiger partial charge in [-0.25, -0.2) is 0 Å². The Morgan fingerprint density at radius 1 is 0.969 bits per heavy atom. The molecule has 0 bridgehead atoms. The summed E-state index contributed by atoms with van der Waals surface area (Å²) in [4.78, 5) is 9.12. The third-order valence-electron chi connectivity index (χ3n) is 6.19. The summed E-state index contributed by atoms with van der Waals surface area (Å²) in [5.74, 6) is 0.265. The van der Waals surface area contributed by atoms with Crippen LogP contribution in [0, 0.1) is 13.8 Å². The molecule has 0 spiro atoms. The second kappa shape index (κ2) is 8.55. The Bertz CT molecular complexity index is 1250. The van der Waals surface area contributed by atoms with Crippen LogP contribution in [0.4, 0.5) is 0 Å². The van der Waals surface area contributed by atoms with Crippen molar-refractivity contribution in [3.05, 3.63) is 84.2 Å². The molecule has 0 saturated carbocycles. The number of aromatic hydroxyl groups is 1. The smallest absolute Gasteiger partial charge is 0.116 e. The van der Waals surface area contributed by atoms with Gasteiger partial charge in [-0.15, -0.1) is 0 Å². The van der Waals surface area contributed by atoms with E-state index in [0.29, 0.717) is 6.04 Å². The maximum atomic E-state index is 9.79. The van der Waals surface area contributed by atoms with Gasteiger partial charge in [0.2, 0.25) is 0 Å². The molecule has 2 unspecified atom stereocenters. The van der Waals surface area contributed by atoms with Crippen molar-refractivity contribution in [2.24, 2.45) is 0 Å². The summed E-state index contributed by atoms with van der Waals surface area (Å²) in [6.07, 6.45) is 11.7. The third-order valence-corrected chi connectivity index (χ3v) is 6.19. The summed E-state index contributed by atoms with van der Waals surface area (Å²) < 4.78 is 2.10. The Morgan fingerprint density at radius 3 is 2.66 bits per heavy atom. The van der Waals surface area contributed by atoms with Gasteiger partial charge in [0, 0.05) is 41.5 Å². The first-order valence-corrected chi connectivity index (χ1v) is 11.0. The first-order chi connectivity index (χ1) is 15.6. The molecule has 1 aromatic carbocycles. The van der Waals surface area contributed by atoms with E-state index in [1.165, 1.54) is 0 Å². The summed E-state index contributed by atoms with van der Waals surface area (Å²) in [5, 5.41) is 18.1. The number of hydrogen-bond acceptors (Lipinski definition) is 5. The van der Waals surface area contributed by atoms with E-state index in [4.69, 9.17) is 4.98 Å². The molecule has 2 N–H and O–H groups in total. The molecular weight excluding hydrogens is 398 g/mol. The van der Waals surface area contributed by atoms with Crippen molar-refractivity contribution in [2.75, 3.05) is 6.54 Å². The van der Waals surface area contributed by atoms with E-state index < -0.39 is 0 Å². The van der Waals surface area contributed by atoms with Crippen LogP contribution in [0.15, 0.2) is 67.4 Å². The molecule has 1 aliphatic heterocycles. The molecule has 5 rings (SSSR count). The van der Waals surface area contributed by atoms with E-state index in [0.717, 1.165) is 58.5 Å². The van der Waals surface area contributed by atoms with E-state index in [1.54, 1.807) is 12.1 Å². The van der Waals surface area contributed by atoms with Crippen LogP contribution in [-0.4, -0.2) is 31.4 Å². The monoisotopic (exact) mass is 425 g/mol. The summed E-state index contributed by atoms with van der Waals surface area (Å²) in [6.45, 7) is 5.09. The predicted octanol–water partition coefficient (Wildman–Crippen LogP) is 5.00. The number of phenolic OH excluding ortho intramolecular Hbond substituents is 1. The van der Waals surface area contributed by atoms with Gasteiger partial charge >= 0.3 is 0 Å². The molecule has 2 atom stereocenters. The van der Waals surface area contributed by atoms with Crippen LogP contribution in [0.5, 0.6) is 5.75 Å². The predicted molar refractivity (Wildman–Crippen MR) is 125 cm³/mol. The number of pyridine rings is 2. The minimum atomic E-state index is 0.181. The molecule has 4 aromatic rings. The fraction of sp³-hybridized carbons (Fsp3) is 0.269. The molecule has 162 valence electrons. The highest BCUT2D eigenvalue weighted by molar-refractivity contribution is 5.65. The Kier molecular flexibility index (Phi) is 5.45. The summed E-state index contributed by atoms with van der Waals surface area (Å²) in [6, 6.07) is 12.1. The molecule has 1 aliphatic rings. The standard InChI is InChI=1S/C26H27N5O/c1-17-8-20(13-27-12-17)22-15-30-31(16-22)23-6-7-28-25(11-23)26-18(2)9-21(14-29-26)19-4-3-5-24(32)10-19/h3-5,8-10,12-16,23,25,28,32H,6-7,11H2,1-2H3. The van der Waals surface area contributed by atoms with Gasteiger partial charge in [0.05, 0.1) is 24.0 Å². The topological polar surface area (TPSA) is 75.9 Å². The molecule has 3 aromatic heterocycles. The molecule has 0 aliphatic carbocycles. The SMILES string of the molecule is Cc1cncc(-c2cnn(C3CCNC(c4ncc(-c5cccc(O)c5)cc4C)C3)c2)c1. The molecule has 4 heterocycles. The van der Waals surface area contributed by atoms with Crippen molar-refractivity contribution in [3.8, 4) is 28.0 Å².